The second-order valence-corrected chi connectivity index (χ2v) is 6.87. The van der Waals surface area contributed by atoms with Gasteiger partial charge in [-0.1, -0.05) is 26.0 Å². The average Bonchev–Trinajstić information content (AvgIpc) is 2.55. The first-order valence-electron chi connectivity index (χ1n) is 8.63. The topological polar surface area (TPSA) is 87.5 Å². The Morgan fingerprint density at radius 3 is 2.72 bits per heavy atom. The van der Waals surface area contributed by atoms with Gasteiger partial charge in [-0.15, -0.1) is 12.4 Å². The lowest BCUT2D eigenvalue weighted by molar-refractivity contribution is -0.117. The maximum atomic E-state index is 12.2. The van der Waals surface area contributed by atoms with Crippen LogP contribution in [0, 0.1) is 11.8 Å². The van der Waals surface area contributed by atoms with Gasteiger partial charge in [-0.25, -0.2) is 4.79 Å². The number of piperidine rings is 1. The van der Waals surface area contributed by atoms with Gasteiger partial charge in [0.2, 0.25) is 5.91 Å². The number of carbonyl (C=O) groups excluding carboxylic acids is 2. The summed E-state index contributed by atoms with van der Waals surface area (Å²) in [5, 5.41) is 5.80. The first kappa shape index (κ1) is 21.1. The Hall–Kier alpha value is -1.95. The molecule has 6 nitrogen and oxygen atoms in total. The van der Waals surface area contributed by atoms with E-state index in [1.807, 2.05) is 17.0 Å². The Labute approximate surface area is 155 Å². The van der Waals surface area contributed by atoms with Crippen LogP contribution in [0.1, 0.15) is 33.1 Å². The number of hydrogen-bond donors (Lipinski definition) is 3. The number of rotatable bonds is 5. The first-order valence-corrected chi connectivity index (χ1v) is 8.63. The third-order valence-corrected chi connectivity index (χ3v) is 4.18. The highest BCUT2D eigenvalue weighted by Crippen LogP contribution is 2.22. The van der Waals surface area contributed by atoms with E-state index in [0.29, 0.717) is 36.8 Å². The van der Waals surface area contributed by atoms with E-state index in [1.54, 1.807) is 12.1 Å². The Kier molecular flexibility index (Phi) is 8.55. The fourth-order valence-electron chi connectivity index (χ4n) is 2.89. The zero-order chi connectivity index (χ0) is 17.5. The molecular weight excluding hydrogens is 340 g/mol. The maximum absolute atomic E-state index is 12.2. The number of carbonyl (C=O) groups is 2. The predicted molar refractivity (Wildman–Crippen MR) is 104 cm³/mol. The molecule has 0 aromatic heterocycles. The summed E-state index contributed by atoms with van der Waals surface area (Å²) in [5.41, 5.74) is 7.05. The van der Waals surface area contributed by atoms with Crippen LogP contribution in [0.15, 0.2) is 24.3 Å². The summed E-state index contributed by atoms with van der Waals surface area (Å²) in [6.07, 6.45) is 2.30. The number of nitrogens with two attached hydrogens (primary N) is 1. The fourth-order valence-corrected chi connectivity index (χ4v) is 2.89. The number of para-hydroxylation sites is 2. The van der Waals surface area contributed by atoms with Gasteiger partial charge in [0.05, 0.1) is 11.4 Å². The number of likely N-dealkylation sites (tertiary alicyclic amines) is 1. The number of nitrogens with one attached hydrogen (secondary N) is 2. The van der Waals surface area contributed by atoms with E-state index in [2.05, 4.69) is 24.5 Å². The van der Waals surface area contributed by atoms with E-state index >= 15 is 0 Å². The van der Waals surface area contributed by atoms with Crippen LogP contribution in [-0.4, -0.2) is 36.5 Å². The molecule has 2 rings (SSSR count). The molecular formula is C18H29ClN4O2. The average molecular weight is 369 g/mol. The van der Waals surface area contributed by atoms with Crippen LogP contribution in [0.3, 0.4) is 0 Å². The molecule has 1 saturated heterocycles. The third-order valence-electron chi connectivity index (χ3n) is 4.18. The van der Waals surface area contributed by atoms with Crippen molar-refractivity contribution >= 4 is 35.7 Å². The Bertz CT molecular complexity index is 580. The molecule has 7 heteroatoms. The van der Waals surface area contributed by atoms with Crippen LogP contribution < -0.4 is 16.4 Å². The molecule has 1 heterocycles. The summed E-state index contributed by atoms with van der Waals surface area (Å²) >= 11 is 0. The van der Waals surface area contributed by atoms with Crippen molar-refractivity contribution in [2.75, 3.05) is 30.7 Å². The molecule has 0 aliphatic carbocycles. The molecule has 1 fully saturated rings. The summed E-state index contributed by atoms with van der Waals surface area (Å²) in [6, 6.07) is 7.20. The van der Waals surface area contributed by atoms with Crippen molar-refractivity contribution in [3.05, 3.63) is 24.3 Å². The van der Waals surface area contributed by atoms with Gasteiger partial charge in [-0.2, -0.15) is 0 Å². The summed E-state index contributed by atoms with van der Waals surface area (Å²) in [6.45, 7) is 6.20. The van der Waals surface area contributed by atoms with Gasteiger partial charge >= 0.3 is 6.03 Å². The van der Waals surface area contributed by atoms with Crippen molar-refractivity contribution < 1.29 is 9.59 Å². The van der Waals surface area contributed by atoms with E-state index in [1.165, 1.54) is 0 Å². The molecule has 0 radical (unpaired) electrons. The number of urea groups is 1. The molecule has 0 bridgehead atoms. The van der Waals surface area contributed by atoms with Crippen LogP contribution >= 0.6 is 12.4 Å². The van der Waals surface area contributed by atoms with Gasteiger partial charge in [-0.05, 0) is 36.8 Å². The number of hydrogen-bond acceptors (Lipinski definition) is 3. The van der Waals surface area contributed by atoms with Gasteiger partial charge in [0.25, 0.3) is 0 Å². The molecule has 3 amide bonds. The summed E-state index contributed by atoms with van der Waals surface area (Å²) in [5.74, 6) is 0.562. The normalized spacial score (nSPS) is 16.9. The van der Waals surface area contributed by atoms with Crippen molar-refractivity contribution in [2.45, 2.75) is 33.1 Å². The number of anilines is 2. The van der Waals surface area contributed by atoms with Crippen molar-refractivity contribution in [1.82, 2.24) is 10.2 Å². The zero-order valence-electron chi connectivity index (χ0n) is 15.0. The molecule has 1 unspecified atom stereocenters. The molecule has 0 saturated carbocycles. The van der Waals surface area contributed by atoms with E-state index in [4.69, 9.17) is 5.73 Å². The number of halogens is 1. The molecule has 0 spiro atoms. The lowest BCUT2D eigenvalue weighted by Gasteiger charge is -2.32. The fraction of sp³-hybridized carbons (Fsp3) is 0.556. The second-order valence-electron chi connectivity index (χ2n) is 6.87. The predicted octanol–water partition coefficient (Wildman–Crippen LogP) is 3.10. The molecule has 1 aliphatic rings. The van der Waals surface area contributed by atoms with Crippen LogP contribution in [0.25, 0.3) is 0 Å². The smallest absolute Gasteiger partial charge is 0.317 e. The van der Waals surface area contributed by atoms with E-state index in [-0.39, 0.29) is 30.3 Å². The van der Waals surface area contributed by atoms with E-state index < -0.39 is 0 Å². The number of nitrogen functional groups attached to an aromatic ring is 1. The highest BCUT2D eigenvalue weighted by Gasteiger charge is 2.25. The van der Waals surface area contributed by atoms with Crippen molar-refractivity contribution in [3.63, 3.8) is 0 Å². The molecule has 25 heavy (non-hydrogen) atoms. The SMILES string of the molecule is CC(C)CNC(=O)N1CCCC(CC(=O)Nc2ccccc2N)C1.Cl. The minimum absolute atomic E-state index is 0. The van der Waals surface area contributed by atoms with Gasteiger partial charge in [0.1, 0.15) is 0 Å². The number of nitrogens with zero attached hydrogens (tertiary/aromatic N) is 1. The zero-order valence-corrected chi connectivity index (χ0v) is 15.8. The monoisotopic (exact) mass is 368 g/mol. The van der Waals surface area contributed by atoms with Crippen molar-refractivity contribution in [1.29, 1.82) is 0 Å². The number of benzene rings is 1. The van der Waals surface area contributed by atoms with E-state index in [9.17, 15) is 9.59 Å². The van der Waals surface area contributed by atoms with Crippen LogP contribution in [-0.2, 0) is 4.79 Å². The minimum Gasteiger partial charge on any atom is -0.397 e. The van der Waals surface area contributed by atoms with Gasteiger partial charge in [0.15, 0.2) is 0 Å². The Morgan fingerprint density at radius 2 is 2.04 bits per heavy atom. The standard InChI is InChI=1S/C18H28N4O2.ClH/c1-13(2)11-20-18(24)22-9-5-6-14(12-22)10-17(23)21-16-8-4-3-7-15(16)19;/h3-4,7-8,13-14H,5-6,9-12,19H2,1-2H3,(H,20,24)(H,21,23);1H. The number of amides is 3. The lowest BCUT2D eigenvalue weighted by atomic mass is 9.94. The largest absolute Gasteiger partial charge is 0.397 e. The minimum atomic E-state index is -0.0534. The molecule has 1 atom stereocenters. The van der Waals surface area contributed by atoms with Crippen LogP contribution in [0.5, 0.6) is 0 Å². The van der Waals surface area contributed by atoms with E-state index in [0.717, 1.165) is 19.4 Å². The molecule has 1 aromatic rings. The van der Waals surface area contributed by atoms with Crippen molar-refractivity contribution in [2.24, 2.45) is 11.8 Å². The quantitative estimate of drug-likeness (QED) is 0.698. The Balaban J connectivity index is 0.00000312. The lowest BCUT2D eigenvalue weighted by Crippen LogP contribution is -2.46. The first-order chi connectivity index (χ1) is 11.5. The van der Waals surface area contributed by atoms with Gasteiger partial charge < -0.3 is 21.3 Å². The summed E-state index contributed by atoms with van der Waals surface area (Å²) in [7, 11) is 0. The van der Waals surface area contributed by atoms with Crippen LogP contribution in [0.4, 0.5) is 16.2 Å². The van der Waals surface area contributed by atoms with Gasteiger partial charge in [0, 0.05) is 26.1 Å². The highest BCUT2D eigenvalue weighted by atomic mass is 35.5. The second kappa shape index (κ2) is 10.1. The highest BCUT2D eigenvalue weighted by molar-refractivity contribution is 5.93. The maximum Gasteiger partial charge on any atom is 0.317 e. The Morgan fingerprint density at radius 1 is 1.32 bits per heavy atom. The van der Waals surface area contributed by atoms with Gasteiger partial charge in [-0.3, -0.25) is 4.79 Å². The molecule has 1 aliphatic heterocycles. The summed E-state index contributed by atoms with van der Waals surface area (Å²) < 4.78 is 0. The van der Waals surface area contributed by atoms with Crippen LogP contribution in [0.2, 0.25) is 0 Å². The van der Waals surface area contributed by atoms with Crippen molar-refractivity contribution in [3.8, 4) is 0 Å². The molecule has 4 N–H and O–H groups in total. The molecule has 1 aromatic carbocycles. The third kappa shape index (κ3) is 6.82. The molecule has 140 valence electrons. The summed E-state index contributed by atoms with van der Waals surface area (Å²) in [4.78, 5) is 26.2.